The number of aryl methyl sites for hydroxylation is 1. The van der Waals surface area contributed by atoms with E-state index in [1.807, 2.05) is 37.3 Å². The van der Waals surface area contributed by atoms with Gasteiger partial charge in [-0.2, -0.15) is 4.98 Å². The van der Waals surface area contributed by atoms with Crippen LogP contribution < -0.4 is 5.73 Å². The summed E-state index contributed by atoms with van der Waals surface area (Å²) in [6.45, 7) is 7.25. The number of piperazine rings is 1. The molecule has 0 unspecified atom stereocenters. The smallest absolute Gasteiger partial charge is 0.243 e. The van der Waals surface area contributed by atoms with Gasteiger partial charge in [0.15, 0.2) is 5.82 Å². The standard InChI is InChI=1S/C18H25N5O2/c1-3-15-20-18(25-21-15)13(2)22-9-11-23(12-10-22)16(17(19)24)14-7-5-4-6-8-14/h4-8,13,16H,3,9-12H2,1-2H3,(H2,19,24)/t13-,16-/m1/s1. The van der Waals surface area contributed by atoms with Gasteiger partial charge in [-0.15, -0.1) is 0 Å². The molecular formula is C18H25N5O2. The molecule has 134 valence electrons. The second kappa shape index (κ2) is 7.76. The topological polar surface area (TPSA) is 88.5 Å². The summed E-state index contributed by atoms with van der Waals surface area (Å²) in [4.78, 5) is 20.9. The summed E-state index contributed by atoms with van der Waals surface area (Å²) in [5, 5.41) is 3.97. The van der Waals surface area contributed by atoms with Gasteiger partial charge in [0, 0.05) is 32.6 Å². The molecule has 3 rings (SSSR count). The Kier molecular flexibility index (Phi) is 5.45. The second-order valence-electron chi connectivity index (χ2n) is 6.37. The van der Waals surface area contributed by atoms with E-state index in [1.54, 1.807) is 0 Å². The lowest BCUT2D eigenvalue weighted by molar-refractivity contribution is -0.124. The Morgan fingerprint density at radius 3 is 2.40 bits per heavy atom. The zero-order valence-electron chi connectivity index (χ0n) is 14.8. The zero-order chi connectivity index (χ0) is 17.8. The maximum Gasteiger partial charge on any atom is 0.243 e. The summed E-state index contributed by atoms with van der Waals surface area (Å²) in [6.07, 6.45) is 0.765. The van der Waals surface area contributed by atoms with Gasteiger partial charge < -0.3 is 10.3 Å². The van der Waals surface area contributed by atoms with E-state index < -0.39 is 0 Å². The molecule has 2 N–H and O–H groups in total. The van der Waals surface area contributed by atoms with Gasteiger partial charge in [-0.25, -0.2) is 0 Å². The van der Waals surface area contributed by atoms with E-state index in [2.05, 4.69) is 26.9 Å². The Labute approximate surface area is 147 Å². The minimum absolute atomic E-state index is 0.0682. The number of amides is 1. The van der Waals surface area contributed by atoms with Crippen molar-refractivity contribution in [2.45, 2.75) is 32.4 Å². The predicted octanol–water partition coefficient (Wildman–Crippen LogP) is 1.54. The summed E-state index contributed by atoms with van der Waals surface area (Å²) >= 11 is 0. The van der Waals surface area contributed by atoms with Crippen molar-refractivity contribution in [3.05, 3.63) is 47.6 Å². The van der Waals surface area contributed by atoms with Crippen molar-refractivity contribution in [3.63, 3.8) is 0 Å². The predicted molar refractivity (Wildman–Crippen MR) is 93.6 cm³/mol. The Morgan fingerprint density at radius 2 is 1.84 bits per heavy atom. The molecule has 0 aliphatic carbocycles. The van der Waals surface area contributed by atoms with Gasteiger partial charge in [0.25, 0.3) is 0 Å². The fraction of sp³-hybridized carbons (Fsp3) is 0.500. The Hall–Kier alpha value is -2.25. The van der Waals surface area contributed by atoms with E-state index in [1.165, 1.54) is 0 Å². The highest BCUT2D eigenvalue weighted by Crippen LogP contribution is 2.25. The van der Waals surface area contributed by atoms with Gasteiger partial charge >= 0.3 is 0 Å². The van der Waals surface area contributed by atoms with Crippen LogP contribution in [0.5, 0.6) is 0 Å². The van der Waals surface area contributed by atoms with Gasteiger partial charge in [0.1, 0.15) is 6.04 Å². The third-order valence-electron chi connectivity index (χ3n) is 4.80. The van der Waals surface area contributed by atoms with E-state index in [9.17, 15) is 4.79 Å². The zero-order valence-corrected chi connectivity index (χ0v) is 14.8. The lowest BCUT2D eigenvalue weighted by Gasteiger charge is -2.39. The fourth-order valence-electron chi connectivity index (χ4n) is 3.31. The van der Waals surface area contributed by atoms with Crippen LogP contribution in [0.15, 0.2) is 34.9 Å². The van der Waals surface area contributed by atoms with Crippen molar-refractivity contribution in [2.24, 2.45) is 5.73 Å². The molecule has 1 aliphatic rings. The number of hydrogen-bond acceptors (Lipinski definition) is 6. The number of hydrogen-bond donors (Lipinski definition) is 1. The van der Waals surface area contributed by atoms with Crippen LogP contribution in [-0.4, -0.2) is 52.0 Å². The number of carbonyl (C=O) groups excluding carboxylic acids is 1. The van der Waals surface area contributed by atoms with E-state index in [4.69, 9.17) is 10.3 Å². The molecule has 1 fully saturated rings. The molecule has 2 atom stereocenters. The lowest BCUT2D eigenvalue weighted by atomic mass is 10.0. The third-order valence-corrected chi connectivity index (χ3v) is 4.80. The van der Waals surface area contributed by atoms with Crippen LogP contribution >= 0.6 is 0 Å². The molecule has 2 aromatic rings. The first kappa shape index (κ1) is 17.6. The van der Waals surface area contributed by atoms with Crippen LogP contribution in [0.3, 0.4) is 0 Å². The number of carbonyl (C=O) groups is 1. The maximum absolute atomic E-state index is 12.0. The average Bonchev–Trinajstić information content (AvgIpc) is 3.12. The van der Waals surface area contributed by atoms with E-state index in [0.717, 1.165) is 44.0 Å². The van der Waals surface area contributed by atoms with E-state index >= 15 is 0 Å². The van der Waals surface area contributed by atoms with Crippen molar-refractivity contribution < 1.29 is 9.32 Å². The van der Waals surface area contributed by atoms with Gasteiger partial charge in [-0.3, -0.25) is 14.6 Å². The number of nitrogens with two attached hydrogens (primary N) is 1. The van der Waals surface area contributed by atoms with Crippen LogP contribution in [0.1, 0.15) is 43.2 Å². The molecule has 7 nitrogen and oxygen atoms in total. The van der Waals surface area contributed by atoms with Gasteiger partial charge in [0.05, 0.1) is 6.04 Å². The van der Waals surface area contributed by atoms with Gasteiger partial charge in [-0.05, 0) is 12.5 Å². The monoisotopic (exact) mass is 343 g/mol. The number of primary amides is 1. The highest BCUT2D eigenvalue weighted by molar-refractivity contribution is 5.81. The molecule has 0 saturated carbocycles. The summed E-state index contributed by atoms with van der Waals surface area (Å²) in [5.41, 5.74) is 6.62. The van der Waals surface area contributed by atoms with Crippen molar-refractivity contribution in [1.82, 2.24) is 19.9 Å². The number of nitrogens with zero attached hydrogens (tertiary/aromatic N) is 4. The summed E-state index contributed by atoms with van der Waals surface area (Å²) in [7, 11) is 0. The first-order valence-corrected chi connectivity index (χ1v) is 8.75. The highest BCUT2D eigenvalue weighted by atomic mass is 16.5. The van der Waals surface area contributed by atoms with Crippen LogP contribution in [0.2, 0.25) is 0 Å². The minimum atomic E-state index is -0.381. The normalized spacial score (nSPS) is 18.8. The number of benzene rings is 1. The number of rotatable bonds is 6. The molecule has 0 radical (unpaired) electrons. The summed E-state index contributed by atoms with van der Waals surface area (Å²) in [5.74, 6) is 1.08. The summed E-state index contributed by atoms with van der Waals surface area (Å²) < 4.78 is 5.36. The maximum atomic E-state index is 12.0. The largest absolute Gasteiger partial charge is 0.368 e. The Bertz CT molecular complexity index is 695. The van der Waals surface area contributed by atoms with Crippen molar-refractivity contribution in [3.8, 4) is 0 Å². The van der Waals surface area contributed by atoms with E-state index in [0.29, 0.717) is 5.89 Å². The molecule has 25 heavy (non-hydrogen) atoms. The van der Waals surface area contributed by atoms with Crippen LogP contribution in [0.25, 0.3) is 0 Å². The molecule has 7 heteroatoms. The summed E-state index contributed by atoms with van der Waals surface area (Å²) in [6, 6.07) is 9.41. The van der Waals surface area contributed by atoms with Crippen molar-refractivity contribution in [2.75, 3.05) is 26.2 Å². The molecule has 1 aromatic carbocycles. The third kappa shape index (κ3) is 3.88. The Morgan fingerprint density at radius 1 is 1.20 bits per heavy atom. The molecule has 2 heterocycles. The van der Waals surface area contributed by atoms with Gasteiger partial charge in [-0.1, -0.05) is 42.4 Å². The SMILES string of the molecule is CCc1noc([C@@H](C)N2CCN([C@@H](C(N)=O)c3ccccc3)CC2)n1. The molecule has 0 spiro atoms. The molecule has 0 bridgehead atoms. The second-order valence-corrected chi connectivity index (χ2v) is 6.37. The van der Waals surface area contributed by atoms with Crippen LogP contribution in [0, 0.1) is 0 Å². The van der Waals surface area contributed by atoms with Crippen LogP contribution in [0.4, 0.5) is 0 Å². The molecule has 1 aliphatic heterocycles. The molecule has 1 amide bonds. The average molecular weight is 343 g/mol. The molecular weight excluding hydrogens is 318 g/mol. The minimum Gasteiger partial charge on any atom is -0.368 e. The van der Waals surface area contributed by atoms with Crippen LogP contribution in [-0.2, 0) is 11.2 Å². The molecule has 1 aromatic heterocycles. The van der Waals surface area contributed by atoms with Crippen molar-refractivity contribution in [1.29, 1.82) is 0 Å². The highest BCUT2D eigenvalue weighted by Gasteiger charge is 2.31. The van der Waals surface area contributed by atoms with E-state index in [-0.39, 0.29) is 18.0 Å². The number of aromatic nitrogens is 2. The first-order valence-electron chi connectivity index (χ1n) is 8.75. The van der Waals surface area contributed by atoms with Crippen molar-refractivity contribution >= 4 is 5.91 Å². The Balaban J connectivity index is 1.65. The quantitative estimate of drug-likeness (QED) is 0.856. The van der Waals surface area contributed by atoms with Gasteiger partial charge in [0.2, 0.25) is 11.8 Å². The lowest BCUT2D eigenvalue weighted by Crippen LogP contribution is -2.50. The first-order chi connectivity index (χ1) is 12.1. The fourth-order valence-corrected chi connectivity index (χ4v) is 3.31. The molecule has 1 saturated heterocycles.